The van der Waals surface area contributed by atoms with E-state index >= 15 is 0 Å². The van der Waals surface area contributed by atoms with E-state index < -0.39 is 16.5 Å². The first-order chi connectivity index (χ1) is 9.58. The molecule has 0 aliphatic rings. The average molecular weight is 273 g/mol. The number of rotatable bonds is 4. The van der Waals surface area contributed by atoms with Gasteiger partial charge in [-0.25, -0.2) is 4.98 Å². The summed E-state index contributed by atoms with van der Waals surface area (Å²) >= 11 is 0. The second kappa shape index (κ2) is 5.74. The Kier molecular flexibility index (Phi) is 3.85. The van der Waals surface area contributed by atoms with Crippen LogP contribution < -0.4 is 11.1 Å². The summed E-state index contributed by atoms with van der Waals surface area (Å²) in [5.41, 5.74) is 5.57. The van der Waals surface area contributed by atoms with Gasteiger partial charge < -0.3 is 11.1 Å². The molecule has 0 saturated carbocycles. The van der Waals surface area contributed by atoms with Crippen molar-refractivity contribution in [2.75, 3.05) is 5.73 Å². The smallest absolute Gasteiger partial charge is 0.300 e. The van der Waals surface area contributed by atoms with Crippen LogP contribution in [0.15, 0.2) is 36.7 Å². The average Bonchev–Trinajstić information content (AvgIpc) is 2.45. The van der Waals surface area contributed by atoms with Crippen molar-refractivity contribution in [1.82, 2.24) is 15.3 Å². The Hall–Kier alpha value is -3.03. The Labute approximate surface area is 113 Å². The van der Waals surface area contributed by atoms with E-state index in [1.165, 1.54) is 6.07 Å². The first kappa shape index (κ1) is 13.4. The highest BCUT2D eigenvalue weighted by molar-refractivity contribution is 5.98. The van der Waals surface area contributed by atoms with Gasteiger partial charge in [0.25, 0.3) is 11.6 Å². The lowest BCUT2D eigenvalue weighted by Gasteiger charge is -2.05. The van der Waals surface area contributed by atoms with Crippen molar-refractivity contribution in [1.29, 1.82) is 0 Å². The topological polar surface area (TPSA) is 124 Å². The molecule has 3 N–H and O–H groups in total. The Morgan fingerprint density at radius 2 is 2.20 bits per heavy atom. The van der Waals surface area contributed by atoms with Crippen molar-refractivity contribution in [3.63, 3.8) is 0 Å². The summed E-state index contributed by atoms with van der Waals surface area (Å²) in [5.74, 6) is -0.560. The van der Waals surface area contributed by atoms with Crippen molar-refractivity contribution in [2.45, 2.75) is 6.54 Å². The van der Waals surface area contributed by atoms with Gasteiger partial charge in [0.2, 0.25) is 0 Å². The van der Waals surface area contributed by atoms with E-state index in [2.05, 4.69) is 15.3 Å². The van der Waals surface area contributed by atoms with Gasteiger partial charge in [-0.15, -0.1) is 0 Å². The summed E-state index contributed by atoms with van der Waals surface area (Å²) in [5, 5.41) is 13.4. The van der Waals surface area contributed by atoms with E-state index in [0.717, 1.165) is 6.20 Å². The van der Waals surface area contributed by atoms with Crippen LogP contribution in [0.2, 0.25) is 0 Å². The normalized spacial score (nSPS) is 10.0. The number of nitrogen functional groups attached to an aromatic ring is 1. The van der Waals surface area contributed by atoms with Crippen LogP contribution in [0.5, 0.6) is 0 Å². The lowest BCUT2D eigenvalue weighted by atomic mass is 10.2. The van der Waals surface area contributed by atoms with Crippen LogP contribution in [0.1, 0.15) is 16.1 Å². The Morgan fingerprint density at radius 3 is 2.85 bits per heavy atom. The minimum atomic E-state index is -0.678. The van der Waals surface area contributed by atoms with Gasteiger partial charge in [-0.1, -0.05) is 6.07 Å². The number of nitro groups is 1. The highest BCUT2D eigenvalue weighted by atomic mass is 16.6. The highest BCUT2D eigenvalue weighted by Gasteiger charge is 2.21. The number of nitrogens with one attached hydrogen (secondary N) is 1. The fraction of sp³-hybridized carbons (Fsp3) is 0.0833. The van der Waals surface area contributed by atoms with E-state index in [1.807, 2.05) is 0 Å². The van der Waals surface area contributed by atoms with Gasteiger partial charge in [0.1, 0.15) is 17.6 Å². The maximum atomic E-state index is 12.0. The number of carbonyl (C=O) groups excluding carboxylic acids is 1. The third-order valence-electron chi connectivity index (χ3n) is 2.50. The van der Waals surface area contributed by atoms with E-state index in [1.54, 1.807) is 24.4 Å². The molecular weight excluding hydrogens is 262 g/mol. The van der Waals surface area contributed by atoms with Crippen LogP contribution in [-0.4, -0.2) is 20.8 Å². The number of amides is 1. The fourth-order valence-electron chi connectivity index (χ4n) is 1.56. The van der Waals surface area contributed by atoms with Crippen LogP contribution in [0.3, 0.4) is 0 Å². The van der Waals surface area contributed by atoms with Gasteiger partial charge in [-0.05, 0) is 18.2 Å². The molecule has 20 heavy (non-hydrogen) atoms. The number of pyridine rings is 2. The third-order valence-corrected chi connectivity index (χ3v) is 2.50. The van der Waals surface area contributed by atoms with Crippen LogP contribution >= 0.6 is 0 Å². The number of hydrogen-bond acceptors (Lipinski definition) is 6. The summed E-state index contributed by atoms with van der Waals surface area (Å²) < 4.78 is 0. The van der Waals surface area contributed by atoms with Gasteiger partial charge in [0.15, 0.2) is 0 Å². The van der Waals surface area contributed by atoms with E-state index in [4.69, 9.17) is 5.73 Å². The minimum Gasteiger partial charge on any atom is -0.384 e. The molecule has 0 aromatic carbocycles. The first-order valence-electron chi connectivity index (χ1n) is 5.66. The predicted octanol–water partition coefficient (Wildman–Crippen LogP) is 0.897. The molecule has 1 amide bonds. The molecule has 0 atom stereocenters. The van der Waals surface area contributed by atoms with Crippen molar-refractivity contribution >= 4 is 17.4 Å². The van der Waals surface area contributed by atoms with Crippen LogP contribution in [0, 0.1) is 10.1 Å². The molecule has 0 saturated heterocycles. The molecule has 0 fully saturated rings. The summed E-state index contributed by atoms with van der Waals surface area (Å²) in [4.78, 5) is 29.8. The van der Waals surface area contributed by atoms with Gasteiger partial charge >= 0.3 is 0 Å². The number of carbonyl (C=O) groups is 1. The molecule has 2 aromatic heterocycles. The number of hydrogen-bond donors (Lipinski definition) is 2. The molecule has 8 heteroatoms. The molecule has 0 spiro atoms. The lowest BCUT2D eigenvalue weighted by molar-refractivity contribution is -0.385. The van der Waals surface area contributed by atoms with Crippen molar-refractivity contribution < 1.29 is 9.72 Å². The molecule has 2 aromatic rings. The first-order valence-corrected chi connectivity index (χ1v) is 5.66. The Bertz CT molecular complexity index is 645. The zero-order valence-electron chi connectivity index (χ0n) is 10.3. The molecule has 0 unspecified atom stereocenters. The van der Waals surface area contributed by atoms with E-state index in [-0.39, 0.29) is 17.9 Å². The van der Waals surface area contributed by atoms with Gasteiger partial charge in [0, 0.05) is 6.20 Å². The van der Waals surface area contributed by atoms with Crippen molar-refractivity contribution in [3.05, 3.63) is 58.0 Å². The monoisotopic (exact) mass is 273 g/mol. The largest absolute Gasteiger partial charge is 0.384 e. The Morgan fingerprint density at radius 1 is 1.40 bits per heavy atom. The summed E-state index contributed by atoms with van der Waals surface area (Å²) in [7, 11) is 0. The number of nitrogens with zero attached hydrogens (tertiary/aromatic N) is 3. The number of nitrogens with two attached hydrogens (primary N) is 1. The molecule has 0 aliphatic heterocycles. The maximum absolute atomic E-state index is 12.0. The van der Waals surface area contributed by atoms with Crippen LogP contribution in [0.4, 0.5) is 11.5 Å². The Balaban J connectivity index is 2.17. The maximum Gasteiger partial charge on any atom is 0.300 e. The molecule has 0 radical (unpaired) electrons. The van der Waals surface area contributed by atoms with Gasteiger partial charge in [0.05, 0.1) is 17.2 Å². The molecule has 8 nitrogen and oxygen atoms in total. The zero-order chi connectivity index (χ0) is 14.5. The SMILES string of the molecule is Nc1cc(C(=O)NCc2ccccn2)c([N+](=O)[O-])cn1. The van der Waals surface area contributed by atoms with E-state index in [0.29, 0.717) is 5.69 Å². The minimum absolute atomic E-state index is 0.0404. The highest BCUT2D eigenvalue weighted by Crippen LogP contribution is 2.18. The zero-order valence-corrected chi connectivity index (χ0v) is 10.3. The standard InChI is InChI=1S/C12H11N5O3/c13-11-5-9(10(7-15-11)17(19)20)12(18)16-6-8-3-1-2-4-14-8/h1-5,7H,6H2,(H2,13,15)(H,16,18). The number of anilines is 1. The quantitative estimate of drug-likeness (QED) is 0.629. The summed E-state index contributed by atoms with van der Waals surface area (Å²) in [6, 6.07) is 6.43. The fourth-order valence-corrected chi connectivity index (χ4v) is 1.56. The van der Waals surface area contributed by atoms with Crippen molar-refractivity contribution in [3.8, 4) is 0 Å². The molecule has 102 valence electrons. The van der Waals surface area contributed by atoms with Crippen LogP contribution in [-0.2, 0) is 6.54 Å². The van der Waals surface area contributed by atoms with Crippen molar-refractivity contribution in [2.24, 2.45) is 0 Å². The number of aromatic nitrogens is 2. The molecule has 2 rings (SSSR count). The molecule has 0 aliphatic carbocycles. The molecule has 2 heterocycles. The summed E-state index contributed by atoms with van der Waals surface area (Å²) in [6.45, 7) is 0.166. The van der Waals surface area contributed by atoms with Gasteiger partial charge in [-0.3, -0.25) is 19.9 Å². The predicted molar refractivity (Wildman–Crippen MR) is 70.7 cm³/mol. The molecule has 0 bridgehead atoms. The second-order valence-electron chi connectivity index (χ2n) is 3.89. The van der Waals surface area contributed by atoms with E-state index in [9.17, 15) is 14.9 Å². The molecular formula is C12H11N5O3. The van der Waals surface area contributed by atoms with Gasteiger partial charge in [-0.2, -0.15) is 0 Å². The van der Waals surface area contributed by atoms with Crippen LogP contribution in [0.25, 0.3) is 0 Å². The third kappa shape index (κ3) is 3.05. The second-order valence-corrected chi connectivity index (χ2v) is 3.89. The summed E-state index contributed by atoms with van der Waals surface area (Å²) in [6.07, 6.45) is 2.55. The lowest BCUT2D eigenvalue weighted by Crippen LogP contribution is -2.24.